The Hall–Kier alpha value is -2.93. The van der Waals surface area contributed by atoms with Crippen molar-refractivity contribution < 1.29 is 9.53 Å². The Morgan fingerprint density at radius 3 is 2.48 bits per heavy atom. The van der Waals surface area contributed by atoms with E-state index < -0.39 is 5.97 Å². The smallest absolute Gasteiger partial charge is 0.339 e. The number of aryl methyl sites for hydroxylation is 2. The molecular weight excluding hydrogens is 408 g/mol. The summed E-state index contributed by atoms with van der Waals surface area (Å²) in [5.41, 5.74) is 3.90. The number of benzene rings is 2. The van der Waals surface area contributed by atoms with Gasteiger partial charge in [0.25, 0.3) is 0 Å². The van der Waals surface area contributed by atoms with E-state index >= 15 is 0 Å². The lowest BCUT2D eigenvalue weighted by Crippen LogP contribution is -2.06. The Morgan fingerprint density at radius 1 is 1.04 bits per heavy atom. The average Bonchev–Trinajstić information content (AvgIpc) is 2.67. The number of nitrogens with zero attached hydrogens (tertiary/aromatic N) is 2. The molecular formula is C20H19BrN4O2. The summed E-state index contributed by atoms with van der Waals surface area (Å²) >= 11 is 3.43. The SMILES string of the molecule is COC(=O)c1cc(Nc2ncc(C)c(Nc3ccccc3)n2)cc(C)c1Br. The summed E-state index contributed by atoms with van der Waals surface area (Å²) in [6.07, 6.45) is 1.74. The fraction of sp³-hybridized carbons (Fsp3) is 0.150. The van der Waals surface area contributed by atoms with Crippen LogP contribution in [0.4, 0.5) is 23.1 Å². The van der Waals surface area contributed by atoms with Crippen LogP contribution in [0.1, 0.15) is 21.5 Å². The monoisotopic (exact) mass is 426 g/mol. The molecule has 2 aromatic carbocycles. The zero-order valence-corrected chi connectivity index (χ0v) is 16.8. The van der Waals surface area contributed by atoms with Crippen molar-refractivity contribution in [3.8, 4) is 0 Å². The highest BCUT2D eigenvalue weighted by Crippen LogP contribution is 2.28. The maximum absolute atomic E-state index is 12.0. The van der Waals surface area contributed by atoms with Gasteiger partial charge < -0.3 is 15.4 Å². The number of methoxy groups -OCH3 is 1. The predicted molar refractivity (Wildman–Crippen MR) is 110 cm³/mol. The first-order valence-corrected chi connectivity index (χ1v) is 9.08. The van der Waals surface area contributed by atoms with Crippen LogP contribution in [0.5, 0.6) is 0 Å². The Bertz CT molecular complexity index is 977. The van der Waals surface area contributed by atoms with Crippen LogP contribution >= 0.6 is 15.9 Å². The van der Waals surface area contributed by atoms with Crippen LogP contribution in [-0.2, 0) is 4.74 Å². The number of carbonyl (C=O) groups excluding carboxylic acids is 1. The summed E-state index contributed by atoms with van der Waals surface area (Å²) in [7, 11) is 1.36. The summed E-state index contributed by atoms with van der Waals surface area (Å²) in [6, 6.07) is 13.4. The van der Waals surface area contributed by atoms with E-state index in [1.54, 1.807) is 12.3 Å². The molecule has 0 fully saturated rings. The molecule has 0 atom stereocenters. The summed E-state index contributed by atoms with van der Waals surface area (Å²) in [4.78, 5) is 20.9. The minimum absolute atomic E-state index is 0.412. The maximum atomic E-state index is 12.0. The van der Waals surface area contributed by atoms with Crippen LogP contribution in [0.3, 0.4) is 0 Å². The molecule has 0 bridgehead atoms. The van der Waals surface area contributed by atoms with Gasteiger partial charge in [0.1, 0.15) is 5.82 Å². The molecule has 27 heavy (non-hydrogen) atoms. The van der Waals surface area contributed by atoms with Crippen LogP contribution in [0, 0.1) is 13.8 Å². The molecule has 0 aliphatic rings. The molecule has 0 saturated carbocycles. The third-order valence-corrected chi connectivity index (χ3v) is 4.98. The van der Waals surface area contributed by atoms with Crippen molar-refractivity contribution in [3.05, 3.63) is 69.8 Å². The number of rotatable bonds is 5. The Kier molecular flexibility index (Phi) is 5.71. The highest BCUT2D eigenvalue weighted by Gasteiger charge is 2.14. The molecule has 0 aliphatic heterocycles. The number of para-hydroxylation sites is 1. The number of nitrogens with one attached hydrogen (secondary N) is 2. The van der Waals surface area contributed by atoms with Crippen molar-refractivity contribution in [1.82, 2.24) is 9.97 Å². The van der Waals surface area contributed by atoms with E-state index in [9.17, 15) is 4.79 Å². The van der Waals surface area contributed by atoms with Crippen LogP contribution < -0.4 is 10.6 Å². The van der Waals surface area contributed by atoms with Crippen molar-refractivity contribution in [1.29, 1.82) is 0 Å². The standard InChI is InChI=1S/C20H19BrN4O2/c1-12-9-15(10-16(17(12)21)19(26)27-3)24-20-22-11-13(2)18(25-20)23-14-7-5-4-6-8-14/h4-11H,1-3H3,(H2,22,23,24,25). The minimum Gasteiger partial charge on any atom is -0.465 e. The number of anilines is 4. The molecule has 3 rings (SSSR count). The molecule has 0 radical (unpaired) electrons. The molecule has 6 nitrogen and oxygen atoms in total. The van der Waals surface area contributed by atoms with Gasteiger partial charge in [-0.05, 0) is 59.6 Å². The lowest BCUT2D eigenvalue weighted by Gasteiger charge is -2.13. The van der Waals surface area contributed by atoms with Gasteiger partial charge in [-0.15, -0.1) is 0 Å². The van der Waals surface area contributed by atoms with Gasteiger partial charge in [0.05, 0.1) is 12.7 Å². The van der Waals surface area contributed by atoms with Gasteiger partial charge in [0.2, 0.25) is 5.95 Å². The van der Waals surface area contributed by atoms with Gasteiger partial charge in [0.15, 0.2) is 0 Å². The number of esters is 1. The van der Waals surface area contributed by atoms with Crippen LogP contribution in [0.15, 0.2) is 53.1 Å². The van der Waals surface area contributed by atoms with Gasteiger partial charge in [-0.3, -0.25) is 0 Å². The van der Waals surface area contributed by atoms with Crippen molar-refractivity contribution in [2.24, 2.45) is 0 Å². The number of ether oxygens (including phenoxy) is 1. The van der Waals surface area contributed by atoms with Gasteiger partial charge >= 0.3 is 5.97 Å². The highest BCUT2D eigenvalue weighted by molar-refractivity contribution is 9.10. The van der Waals surface area contributed by atoms with E-state index in [1.165, 1.54) is 7.11 Å². The molecule has 0 amide bonds. The minimum atomic E-state index is -0.412. The lowest BCUT2D eigenvalue weighted by atomic mass is 10.1. The summed E-state index contributed by atoms with van der Waals surface area (Å²) in [5, 5.41) is 6.44. The second kappa shape index (κ2) is 8.18. The van der Waals surface area contributed by atoms with Gasteiger partial charge in [-0.1, -0.05) is 18.2 Å². The summed E-state index contributed by atoms with van der Waals surface area (Å²) in [6.45, 7) is 3.84. The third-order valence-electron chi connectivity index (χ3n) is 3.92. The molecule has 0 spiro atoms. The molecule has 2 N–H and O–H groups in total. The van der Waals surface area contributed by atoms with E-state index in [0.717, 1.165) is 16.8 Å². The summed E-state index contributed by atoms with van der Waals surface area (Å²) in [5.74, 6) is 0.724. The molecule has 0 unspecified atom stereocenters. The fourth-order valence-electron chi connectivity index (χ4n) is 2.52. The van der Waals surface area contributed by atoms with Gasteiger partial charge in [-0.25, -0.2) is 9.78 Å². The van der Waals surface area contributed by atoms with E-state index in [0.29, 0.717) is 27.5 Å². The van der Waals surface area contributed by atoms with Crippen molar-refractivity contribution in [3.63, 3.8) is 0 Å². The molecule has 138 valence electrons. The number of carbonyl (C=O) groups is 1. The molecule has 7 heteroatoms. The first kappa shape index (κ1) is 18.8. The molecule has 3 aromatic rings. The Morgan fingerprint density at radius 2 is 1.78 bits per heavy atom. The molecule has 1 aromatic heterocycles. The first-order valence-electron chi connectivity index (χ1n) is 8.29. The Balaban J connectivity index is 1.89. The predicted octanol–water partition coefficient (Wildman–Crippen LogP) is 5.13. The summed E-state index contributed by atoms with van der Waals surface area (Å²) < 4.78 is 5.55. The van der Waals surface area contributed by atoms with Crippen LogP contribution in [-0.4, -0.2) is 23.0 Å². The van der Waals surface area contributed by atoms with E-state index in [4.69, 9.17) is 4.74 Å². The second-order valence-corrected chi connectivity index (χ2v) is 6.78. The maximum Gasteiger partial charge on any atom is 0.339 e. The fourth-order valence-corrected chi connectivity index (χ4v) is 2.91. The van der Waals surface area contributed by atoms with Crippen LogP contribution in [0.25, 0.3) is 0 Å². The largest absolute Gasteiger partial charge is 0.465 e. The Labute approximate surface area is 166 Å². The zero-order valence-electron chi connectivity index (χ0n) is 15.2. The lowest BCUT2D eigenvalue weighted by molar-refractivity contribution is 0.0599. The number of hydrogen-bond acceptors (Lipinski definition) is 6. The second-order valence-electron chi connectivity index (χ2n) is 5.99. The van der Waals surface area contributed by atoms with Gasteiger partial charge in [0, 0.05) is 27.6 Å². The third kappa shape index (κ3) is 4.43. The number of halogens is 1. The van der Waals surface area contributed by atoms with Crippen molar-refractivity contribution in [2.45, 2.75) is 13.8 Å². The normalized spacial score (nSPS) is 10.4. The van der Waals surface area contributed by atoms with Crippen molar-refractivity contribution >= 4 is 45.0 Å². The van der Waals surface area contributed by atoms with Crippen molar-refractivity contribution in [2.75, 3.05) is 17.7 Å². The van der Waals surface area contributed by atoms with E-state index in [-0.39, 0.29) is 0 Å². The topological polar surface area (TPSA) is 76.1 Å². The zero-order chi connectivity index (χ0) is 19.4. The molecule has 0 saturated heterocycles. The van der Waals surface area contributed by atoms with E-state index in [2.05, 4.69) is 36.5 Å². The van der Waals surface area contributed by atoms with E-state index in [1.807, 2.05) is 50.2 Å². The molecule has 0 aliphatic carbocycles. The number of aromatic nitrogens is 2. The van der Waals surface area contributed by atoms with Gasteiger partial charge in [-0.2, -0.15) is 4.98 Å². The quantitative estimate of drug-likeness (QED) is 0.550. The highest BCUT2D eigenvalue weighted by atomic mass is 79.9. The molecule has 1 heterocycles. The average molecular weight is 427 g/mol. The first-order chi connectivity index (χ1) is 13.0. The van der Waals surface area contributed by atoms with Crippen LogP contribution in [0.2, 0.25) is 0 Å². The number of hydrogen-bond donors (Lipinski definition) is 2.